The molecule has 0 radical (unpaired) electrons. The summed E-state index contributed by atoms with van der Waals surface area (Å²) in [5.41, 5.74) is 1.80. The Bertz CT molecular complexity index is 1230. The lowest BCUT2D eigenvalue weighted by Crippen LogP contribution is -2.43. The van der Waals surface area contributed by atoms with Crippen LogP contribution in [-0.4, -0.2) is 31.7 Å². The number of thiazole rings is 1. The fourth-order valence-corrected chi connectivity index (χ4v) is 3.98. The first-order valence-electron chi connectivity index (χ1n) is 9.70. The van der Waals surface area contributed by atoms with Crippen LogP contribution in [0, 0.1) is 5.82 Å². The number of aromatic hydroxyl groups is 1. The van der Waals surface area contributed by atoms with E-state index >= 15 is 0 Å². The number of rotatable bonds is 7. The highest BCUT2D eigenvalue weighted by Crippen LogP contribution is 2.30. The summed E-state index contributed by atoms with van der Waals surface area (Å²) in [4.78, 5) is 25.6. The van der Waals surface area contributed by atoms with Crippen LogP contribution in [0.4, 0.5) is 4.39 Å². The number of nitrogens with two attached hydrogens (primary N) is 1. The number of halogens is 1. The Hall–Kier alpha value is -3.98. The molecule has 1 atom stereocenters. The van der Waals surface area contributed by atoms with Gasteiger partial charge in [0.1, 0.15) is 22.3 Å². The number of carbonyl (C=O) groups is 1. The second kappa shape index (κ2) is 9.44. The van der Waals surface area contributed by atoms with Crippen LogP contribution in [0.3, 0.4) is 0 Å². The van der Waals surface area contributed by atoms with Gasteiger partial charge in [-0.3, -0.25) is 20.2 Å². The first kappa shape index (κ1) is 21.3. The molecule has 1 unspecified atom stereocenters. The summed E-state index contributed by atoms with van der Waals surface area (Å²) >= 11 is 1.27. The zero-order valence-electron chi connectivity index (χ0n) is 16.8. The van der Waals surface area contributed by atoms with Crippen molar-refractivity contribution in [3.05, 3.63) is 95.1 Å². The van der Waals surface area contributed by atoms with Gasteiger partial charge in [-0.2, -0.15) is 0 Å². The molecule has 32 heavy (non-hydrogen) atoms. The number of phenolic OH excluding ortho intramolecular Hbond substituents is 1. The Morgan fingerprint density at radius 2 is 2.03 bits per heavy atom. The average Bonchev–Trinajstić information content (AvgIpc) is 3.30. The number of benzene rings is 1. The number of hydrogen-bond acceptors (Lipinski definition) is 6. The largest absolute Gasteiger partial charge is 0.507 e. The van der Waals surface area contributed by atoms with Gasteiger partial charge in [0.25, 0.3) is 5.91 Å². The van der Waals surface area contributed by atoms with Crippen molar-refractivity contribution in [1.29, 1.82) is 0 Å². The Morgan fingerprint density at radius 1 is 1.16 bits per heavy atom. The quantitative estimate of drug-likeness (QED) is 0.376. The lowest BCUT2D eigenvalue weighted by atomic mass is 9.96. The van der Waals surface area contributed by atoms with Gasteiger partial charge in [0.05, 0.1) is 29.3 Å². The Kier molecular flexibility index (Phi) is 6.27. The van der Waals surface area contributed by atoms with Gasteiger partial charge in [-0.25, -0.2) is 9.37 Å². The van der Waals surface area contributed by atoms with E-state index in [0.717, 1.165) is 0 Å². The number of nitrogens with zero attached hydrogens (tertiary/aromatic N) is 3. The fourth-order valence-electron chi connectivity index (χ4n) is 3.20. The molecule has 9 heteroatoms. The van der Waals surface area contributed by atoms with Crippen LogP contribution in [0.5, 0.6) is 5.75 Å². The maximum atomic E-state index is 14.6. The highest BCUT2D eigenvalue weighted by atomic mass is 32.1. The predicted molar refractivity (Wildman–Crippen MR) is 119 cm³/mol. The van der Waals surface area contributed by atoms with E-state index in [1.165, 1.54) is 29.5 Å². The maximum absolute atomic E-state index is 14.6. The molecule has 1 amide bonds. The van der Waals surface area contributed by atoms with Crippen molar-refractivity contribution in [2.24, 2.45) is 0 Å². The molecule has 0 spiro atoms. The summed E-state index contributed by atoms with van der Waals surface area (Å²) in [6, 6.07) is 12.0. The Balaban J connectivity index is 1.61. The highest BCUT2D eigenvalue weighted by Gasteiger charge is 2.27. The van der Waals surface area contributed by atoms with E-state index in [-0.39, 0.29) is 23.4 Å². The summed E-state index contributed by atoms with van der Waals surface area (Å²) in [5, 5.41) is 21.5. The average molecular weight is 449 g/mol. The standard InChI is InChI=1S/C23H18FN5O2S/c24-15-6-3-8-20(30)21(15)18(11-16(25)14-5-4-9-26-12-14)28-22(31)19-13-32-23(29-19)17-7-1-2-10-27-17/h1-10,12-13,18,25,30H,11H2,(H,28,31)/p+1. The second-order valence-corrected chi connectivity index (χ2v) is 7.78. The van der Waals surface area contributed by atoms with Crippen LogP contribution < -0.4 is 10.7 Å². The lowest BCUT2D eigenvalue weighted by Gasteiger charge is -2.19. The Labute approximate surface area is 187 Å². The lowest BCUT2D eigenvalue weighted by molar-refractivity contribution is -0.115. The first-order chi connectivity index (χ1) is 15.5. The van der Waals surface area contributed by atoms with E-state index in [1.807, 2.05) is 6.07 Å². The summed E-state index contributed by atoms with van der Waals surface area (Å²) in [6.07, 6.45) is 4.89. The molecule has 1 aromatic carbocycles. The van der Waals surface area contributed by atoms with Crippen molar-refractivity contribution >= 4 is 23.0 Å². The van der Waals surface area contributed by atoms with Gasteiger partial charge in [0, 0.05) is 24.0 Å². The molecule has 0 saturated heterocycles. The van der Waals surface area contributed by atoms with E-state index in [9.17, 15) is 14.3 Å². The van der Waals surface area contributed by atoms with Crippen LogP contribution in [0.25, 0.3) is 10.7 Å². The number of aromatic nitrogens is 3. The zero-order valence-corrected chi connectivity index (χ0v) is 17.6. The van der Waals surface area contributed by atoms with Gasteiger partial charge in [0.2, 0.25) is 0 Å². The molecule has 0 aliphatic rings. The van der Waals surface area contributed by atoms with Gasteiger partial charge in [-0.15, -0.1) is 11.3 Å². The number of amides is 1. The number of hydrogen-bond donors (Lipinski definition) is 3. The number of nitrogens with one attached hydrogen (secondary N) is 1. The molecule has 0 fully saturated rings. The third-order valence-electron chi connectivity index (χ3n) is 4.76. The summed E-state index contributed by atoms with van der Waals surface area (Å²) < 4.78 is 14.6. The zero-order chi connectivity index (χ0) is 22.5. The minimum atomic E-state index is -0.927. The molecule has 4 N–H and O–H groups in total. The SMILES string of the molecule is [NH2+]=C(CC(NC(=O)c1csc(-c2ccccn2)n1)c1c(O)cccc1F)c1cccnc1. The van der Waals surface area contributed by atoms with E-state index in [2.05, 4.69) is 20.3 Å². The van der Waals surface area contributed by atoms with Crippen molar-refractivity contribution in [2.45, 2.75) is 12.5 Å². The van der Waals surface area contributed by atoms with Crippen molar-refractivity contribution in [3.8, 4) is 16.5 Å². The van der Waals surface area contributed by atoms with E-state index < -0.39 is 17.8 Å². The first-order valence-corrected chi connectivity index (χ1v) is 10.6. The van der Waals surface area contributed by atoms with Crippen LogP contribution in [0.15, 0.2) is 72.5 Å². The minimum Gasteiger partial charge on any atom is -0.507 e. The van der Waals surface area contributed by atoms with Crippen molar-refractivity contribution in [2.75, 3.05) is 0 Å². The van der Waals surface area contributed by atoms with Gasteiger partial charge < -0.3 is 10.4 Å². The molecule has 160 valence electrons. The van der Waals surface area contributed by atoms with Crippen LogP contribution in [-0.2, 0) is 0 Å². The van der Waals surface area contributed by atoms with Crippen LogP contribution in [0.1, 0.15) is 34.1 Å². The number of phenols is 1. The molecule has 3 aromatic heterocycles. The third-order valence-corrected chi connectivity index (χ3v) is 5.63. The minimum absolute atomic E-state index is 0.0483. The van der Waals surface area contributed by atoms with Gasteiger partial charge in [-0.1, -0.05) is 12.1 Å². The summed E-state index contributed by atoms with van der Waals surface area (Å²) in [6.45, 7) is 0. The molecule has 0 saturated carbocycles. The van der Waals surface area contributed by atoms with E-state index in [1.54, 1.807) is 48.2 Å². The van der Waals surface area contributed by atoms with Crippen LogP contribution >= 0.6 is 11.3 Å². The van der Waals surface area contributed by atoms with Crippen molar-refractivity contribution in [3.63, 3.8) is 0 Å². The monoisotopic (exact) mass is 448 g/mol. The number of carbonyl (C=O) groups excluding carboxylic acids is 1. The third kappa shape index (κ3) is 4.68. The Morgan fingerprint density at radius 3 is 2.75 bits per heavy atom. The molecule has 4 aromatic rings. The molecular formula is C23H19FN5O2S+. The van der Waals surface area contributed by atoms with Gasteiger partial charge in [0.15, 0.2) is 5.71 Å². The van der Waals surface area contributed by atoms with Crippen LogP contribution in [0.2, 0.25) is 0 Å². The molecule has 0 aliphatic heterocycles. The predicted octanol–water partition coefficient (Wildman–Crippen LogP) is 2.55. The summed E-state index contributed by atoms with van der Waals surface area (Å²) in [7, 11) is 0. The molecule has 0 bridgehead atoms. The van der Waals surface area contributed by atoms with Gasteiger partial charge in [-0.05, 0) is 36.4 Å². The highest BCUT2D eigenvalue weighted by molar-refractivity contribution is 7.13. The topological polar surface area (TPSA) is 114 Å². The normalized spacial score (nSPS) is 11.7. The van der Waals surface area contributed by atoms with Crippen molar-refractivity contribution < 1.29 is 19.7 Å². The number of pyridine rings is 2. The van der Waals surface area contributed by atoms with E-state index in [4.69, 9.17) is 5.41 Å². The molecule has 3 heterocycles. The molecule has 4 rings (SSSR count). The van der Waals surface area contributed by atoms with Gasteiger partial charge >= 0.3 is 0 Å². The molecule has 0 aliphatic carbocycles. The molecular weight excluding hydrogens is 429 g/mol. The second-order valence-electron chi connectivity index (χ2n) is 6.92. The maximum Gasteiger partial charge on any atom is 0.271 e. The van der Waals surface area contributed by atoms with E-state index in [0.29, 0.717) is 22.0 Å². The molecule has 7 nitrogen and oxygen atoms in total. The van der Waals surface area contributed by atoms with Crippen molar-refractivity contribution in [1.82, 2.24) is 20.3 Å². The fraction of sp³-hybridized carbons (Fsp3) is 0.0870. The summed E-state index contributed by atoms with van der Waals surface area (Å²) in [5.74, 6) is -1.45. The smallest absolute Gasteiger partial charge is 0.271 e.